The molecule has 0 fully saturated rings. The molecule has 2 rings (SSSR count). The van der Waals surface area contributed by atoms with Crippen LogP contribution in [0.5, 0.6) is 5.75 Å². The van der Waals surface area contributed by atoms with Crippen molar-refractivity contribution in [2.45, 2.75) is 6.54 Å². The molecule has 0 aliphatic heterocycles. The summed E-state index contributed by atoms with van der Waals surface area (Å²) in [5.41, 5.74) is 7.66. The van der Waals surface area contributed by atoms with E-state index in [2.05, 4.69) is 9.88 Å². The summed E-state index contributed by atoms with van der Waals surface area (Å²) in [5, 5.41) is 0. The number of ether oxygens (including phenoxy) is 1. The molecule has 0 amide bonds. The van der Waals surface area contributed by atoms with Gasteiger partial charge < -0.3 is 19.9 Å². The van der Waals surface area contributed by atoms with E-state index in [1.165, 1.54) is 0 Å². The number of hydrogen-bond acceptors (Lipinski definition) is 4. The molecule has 0 spiro atoms. The molecule has 1 aromatic heterocycles. The summed E-state index contributed by atoms with van der Waals surface area (Å²) in [6.45, 7) is 0.695. The maximum absolute atomic E-state index is 6.07. The molecule has 0 unspecified atom stereocenters. The molecule has 5 nitrogen and oxygen atoms in total. The van der Waals surface area contributed by atoms with E-state index < -0.39 is 0 Å². The normalized spacial score (nSPS) is 10.4. The van der Waals surface area contributed by atoms with Crippen molar-refractivity contribution in [2.24, 2.45) is 7.05 Å². The molecule has 0 atom stereocenters. The molecule has 1 aromatic carbocycles. The molecule has 18 heavy (non-hydrogen) atoms. The van der Waals surface area contributed by atoms with Crippen LogP contribution in [0.4, 0.5) is 11.4 Å². The molecule has 1 heterocycles. The van der Waals surface area contributed by atoms with Crippen molar-refractivity contribution in [2.75, 3.05) is 24.8 Å². The molecule has 0 radical (unpaired) electrons. The summed E-state index contributed by atoms with van der Waals surface area (Å²) < 4.78 is 7.22. The van der Waals surface area contributed by atoms with Crippen molar-refractivity contribution in [3.05, 3.63) is 36.4 Å². The fraction of sp³-hybridized carbons (Fsp3) is 0.308. The summed E-state index contributed by atoms with van der Waals surface area (Å²) in [4.78, 5) is 6.36. The number of methoxy groups -OCH3 is 1. The Morgan fingerprint density at radius 1 is 1.44 bits per heavy atom. The predicted octanol–water partition coefficient (Wildman–Crippen LogP) is 1.65. The average Bonchev–Trinajstić information content (AvgIpc) is 2.75. The van der Waals surface area contributed by atoms with E-state index in [1.54, 1.807) is 13.3 Å². The second-order valence-electron chi connectivity index (χ2n) is 4.20. The summed E-state index contributed by atoms with van der Waals surface area (Å²) in [5.74, 6) is 1.68. The number of aryl methyl sites for hydroxylation is 1. The fourth-order valence-corrected chi connectivity index (χ4v) is 1.89. The summed E-state index contributed by atoms with van der Waals surface area (Å²) in [6, 6.07) is 5.76. The summed E-state index contributed by atoms with van der Waals surface area (Å²) in [7, 11) is 5.58. The number of hydrogen-bond donors (Lipinski definition) is 1. The molecule has 0 saturated carbocycles. The highest BCUT2D eigenvalue weighted by Crippen LogP contribution is 2.31. The zero-order valence-corrected chi connectivity index (χ0v) is 10.9. The van der Waals surface area contributed by atoms with Crippen LogP contribution in [0.1, 0.15) is 5.82 Å². The van der Waals surface area contributed by atoms with Gasteiger partial charge in [-0.15, -0.1) is 0 Å². The minimum Gasteiger partial charge on any atom is -0.495 e. The third-order valence-corrected chi connectivity index (χ3v) is 2.97. The monoisotopic (exact) mass is 246 g/mol. The molecule has 2 N–H and O–H groups in total. The minimum absolute atomic E-state index is 0.650. The van der Waals surface area contributed by atoms with Crippen molar-refractivity contribution >= 4 is 11.4 Å². The molecular formula is C13H18N4O. The van der Waals surface area contributed by atoms with E-state index in [0.717, 1.165) is 11.5 Å². The molecule has 0 bridgehead atoms. The third-order valence-electron chi connectivity index (χ3n) is 2.97. The third kappa shape index (κ3) is 2.25. The van der Waals surface area contributed by atoms with Gasteiger partial charge in [0.25, 0.3) is 0 Å². The van der Waals surface area contributed by atoms with Crippen LogP contribution in [0, 0.1) is 0 Å². The van der Waals surface area contributed by atoms with E-state index >= 15 is 0 Å². The highest BCUT2D eigenvalue weighted by molar-refractivity contribution is 5.73. The lowest BCUT2D eigenvalue weighted by Crippen LogP contribution is -2.20. The number of aromatic nitrogens is 2. The van der Waals surface area contributed by atoms with Crippen molar-refractivity contribution in [1.29, 1.82) is 0 Å². The Kier molecular flexibility index (Phi) is 3.41. The number of nitrogens with two attached hydrogens (primary N) is 1. The van der Waals surface area contributed by atoms with Crippen LogP contribution in [0.3, 0.4) is 0 Å². The summed E-state index contributed by atoms with van der Waals surface area (Å²) in [6.07, 6.45) is 3.72. The molecule has 5 heteroatoms. The molecular weight excluding hydrogens is 228 g/mol. The Morgan fingerprint density at radius 2 is 2.22 bits per heavy atom. The lowest BCUT2D eigenvalue weighted by atomic mass is 10.2. The first-order valence-electron chi connectivity index (χ1n) is 5.73. The van der Waals surface area contributed by atoms with E-state index in [0.29, 0.717) is 18.0 Å². The number of para-hydroxylation sites is 1. The van der Waals surface area contributed by atoms with Gasteiger partial charge in [-0.25, -0.2) is 4.98 Å². The van der Waals surface area contributed by atoms with Gasteiger partial charge in [0.05, 0.1) is 25.0 Å². The molecule has 0 saturated heterocycles. The highest BCUT2D eigenvalue weighted by Gasteiger charge is 2.11. The van der Waals surface area contributed by atoms with Gasteiger partial charge in [0, 0.05) is 26.5 Å². The second kappa shape index (κ2) is 5.00. The molecule has 0 aliphatic rings. The van der Waals surface area contributed by atoms with Crippen molar-refractivity contribution in [3.63, 3.8) is 0 Å². The number of nitrogen functional groups attached to an aromatic ring is 1. The number of rotatable bonds is 4. The Labute approximate surface area is 107 Å². The van der Waals surface area contributed by atoms with Gasteiger partial charge in [-0.1, -0.05) is 6.07 Å². The SMILES string of the molecule is COc1cccc(N(C)Cc2nccn2C)c1N. The molecule has 96 valence electrons. The Hall–Kier alpha value is -2.17. The lowest BCUT2D eigenvalue weighted by molar-refractivity contribution is 0.417. The second-order valence-corrected chi connectivity index (χ2v) is 4.20. The maximum Gasteiger partial charge on any atom is 0.143 e. The van der Waals surface area contributed by atoms with Gasteiger partial charge in [0.15, 0.2) is 0 Å². The number of benzene rings is 1. The van der Waals surface area contributed by atoms with Crippen molar-refractivity contribution in [3.8, 4) is 5.75 Å². The first-order valence-corrected chi connectivity index (χ1v) is 5.73. The van der Waals surface area contributed by atoms with E-state index in [1.807, 2.05) is 43.1 Å². The summed E-state index contributed by atoms with van der Waals surface area (Å²) >= 11 is 0. The van der Waals surface area contributed by atoms with Crippen molar-refractivity contribution in [1.82, 2.24) is 9.55 Å². The smallest absolute Gasteiger partial charge is 0.143 e. The molecule has 2 aromatic rings. The fourth-order valence-electron chi connectivity index (χ4n) is 1.89. The van der Waals surface area contributed by atoms with Crippen LogP contribution in [0.15, 0.2) is 30.6 Å². The van der Waals surface area contributed by atoms with Gasteiger partial charge in [0.2, 0.25) is 0 Å². The number of imidazole rings is 1. The van der Waals surface area contributed by atoms with E-state index in [9.17, 15) is 0 Å². The zero-order chi connectivity index (χ0) is 13.1. The Bertz CT molecular complexity index is 536. The number of nitrogens with zero attached hydrogens (tertiary/aromatic N) is 3. The van der Waals surface area contributed by atoms with Gasteiger partial charge in [0.1, 0.15) is 11.6 Å². The van der Waals surface area contributed by atoms with Crippen LogP contribution in [0.2, 0.25) is 0 Å². The molecule has 0 aliphatic carbocycles. The lowest BCUT2D eigenvalue weighted by Gasteiger charge is -2.21. The predicted molar refractivity (Wildman–Crippen MR) is 72.7 cm³/mol. The maximum atomic E-state index is 6.07. The number of anilines is 2. The quantitative estimate of drug-likeness (QED) is 0.833. The van der Waals surface area contributed by atoms with Gasteiger partial charge >= 0.3 is 0 Å². The van der Waals surface area contributed by atoms with Crippen LogP contribution < -0.4 is 15.4 Å². The first-order chi connectivity index (χ1) is 8.63. The van der Waals surface area contributed by atoms with Gasteiger partial charge in [-0.05, 0) is 12.1 Å². The largest absolute Gasteiger partial charge is 0.495 e. The zero-order valence-electron chi connectivity index (χ0n) is 10.9. The van der Waals surface area contributed by atoms with E-state index in [4.69, 9.17) is 10.5 Å². The van der Waals surface area contributed by atoms with Crippen LogP contribution in [-0.4, -0.2) is 23.7 Å². The highest BCUT2D eigenvalue weighted by atomic mass is 16.5. The van der Waals surface area contributed by atoms with Gasteiger partial charge in [-0.3, -0.25) is 0 Å². The van der Waals surface area contributed by atoms with Crippen molar-refractivity contribution < 1.29 is 4.74 Å². The standard InChI is InChI=1S/C13H18N4O/c1-16-8-7-15-12(16)9-17(2)10-5-4-6-11(18-3)13(10)14/h4-8H,9,14H2,1-3H3. The average molecular weight is 246 g/mol. The van der Waals surface area contributed by atoms with Crippen LogP contribution in [-0.2, 0) is 13.6 Å². The van der Waals surface area contributed by atoms with Crippen LogP contribution in [0.25, 0.3) is 0 Å². The first kappa shape index (κ1) is 12.3. The Morgan fingerprint density at radius 3 is 2.83 bits per heavy atom. The Balaban J connectivity index is 2.24. The minimum atomic E-state index is 0.650. The van der Waals surface area contributed by atoms with Gasteiger partial charge in [-0.2, -0.15) is 0 Å². The topological polar surface area (TPSA) is 56.3 Å². The van der Waals surface area contributed by atoms with E-state index in [-0.39, 0.29) is 0 Å². The van der Waals surface area contributed by atoms with Crippen LogP contribution >= 0.6 is 0 Å².